The van der Waals surface area contributed by atoms with Gasteiger partial charge in [0.1, 0.15) is 23.3 Å². The van der Waals surface area contributed by atoms with Crippen molar-refractivity contribution in [3.05, 3.63) is 136 Å². The van der Waals surface area contributed by atoms with Gasteiger partial charge >= 0.3 is 0 Å². The maximum atomic E-state index is 8.96. The normalized spacial score (nSPS) is 20.7. The standard InChI is InChI=1S/C33H30N8O3/c1-32(2)43-27-21(18-25(28(27)44-32)41-20-36-26-29(34)37-31(39-40-35)38-30(26)41)19-42-33(22-12-6-3-7-13-22,23-14-8-4-9-15-23)24-16-10-5-11-17-24/h3-18,20,25,27-28H,19H2,1-2H3,(H2,34,37,38)/t25-,27-,28+/m1/s1. The van der Waals surface area contributed by atoms with Crippen LogP contribution in [0.25, 0.3) is 21.6 Å². The van der Waals surface area contributed by atoms with Crippen LogP contribution in [-0.4, -0.2) is 44.1 Å². The minimum absolute atomic E-state index is 0.0800. The lowest BCUT2D eigenvalue weighted by Gasteiger charge is -2.36. The summed E-state index contributed by atoms with van der Waals surface area (Å²) in [4.78, 5) is 15.8. The quantitative estimate of drug-likeness (QED) is 0.0732. The number of hydrogen-bond donors (Lipinski definition) is 1. The van der Waals surface area contributed by atoms with Crippen molar-refractivity contribution in [3.8, 4) is 0 Å². The first kappa shape index (κ1) is 27.8. The van der Waals surface area contributed by atoms with Crippen molar-refractivity contribution in [1.82, 2.24) is 19.5 Å². The molecule has 1 saturated heterocycles. The van der Waals surface area contributed by atoms with Gasteiger partial charge in [-0.3, -0.25) is 0 Å². The Hall–Kier alpha value is -5.06. The van der Waals surface area contributed by atoms with Gasteiger partial charge in [0, 0.05) is 4.91 Å². The van der Waals surface area contributed by atoms with Crippen LogP contribution in [0.4, 0.5) is 11.8 Å². The molecule has 2 N–H and O–H groups in total. The van der Waals surface area contributed by atoms with E-state index < -0.39 is 11.4 Å². The number of benzene rings is 3. The molecule has 0 bridgehead atoms. The highest BCUT2D eigenvalue weighted by molar-refractivity contribution is 5.82. The first-order valence-corrected chi connectivity index (χ1v) is 14.3. The van der Waals surface area contributed by atoms with Crippen molar-refractivity contribution < 1.29 is 14.2 Å². The molecule has 1 fully saturated rings. The number of anilines is 1. The first-order valence-electron chi connectivity index (χ1n) is 14.3. The lowest BCUT2D eigenvalue weighted by atomic mass is 9.80. The maximum Gasteiger partial charge on any atom is 0.220 e. The van der Waals surface area contributed by atoms with Crippen molar-refractivity contribution in [3.63, 3.8) is 0 Å². The van der Waals surface area contributed by atoms with E-state index in [-0.39, 0.29) is 36.6 Å². The van der Waals surface area contributed by atoms with Crippen LogP contribution in [-0.2, 0) is 19.8 Å². The number of nitrogens with two attached hydrogens (primary N) is 1. The zero-order valence-electron chi connectivity index (χ0n) is 24.2. The molecule has 0 radical (unpaired) electrons. The third-order valence-electron chi connectivity index (χ3n) is 8.10. The van der Waals surface area contributed by atoms with Gasteiger partial charge in [-0.1, -0.05) is 97.1 Å². The summed E-state index contributed by atoms with van der Waals surface area (Å²) in [6.07, 6.45) is 2.96. The Morgan fingerprint density at radius 1 is 0.932 bits per heavy atom. The van der Waals surface area contributed by atoms with Gasteiger partial charge in [-0.05, 0) is 46.8 Å². The summed E-state index contributed by atoms with van der Waals surface area (Å²) in [6, 6.07) is 30.4. The summed E-state index contributed by atoms with van der Waals surface area (Å²) in [5.74, 6) is -0.785. The second kappa shape index (κ2) is 10.9. The van der Waals surface area contributed by atoms with Crippen molar-refractivity contribution in [2.45, 2.75) is 43.5 Å². The van der Waals surface area contributed by atoms with Crippen LogP contribution >= 0.6 is 0 Å². The predicted octanol–water partition coefficient (Wildman–Crippen LogP) is 6.36. The third kappa shape index (κ3) is 4.68. The van der Waals surface area contributed by atoms with E-state index in [0.717, 1.165) is 22.3 Å². The number of nitrogen functional groups attached to an aromatic ring is 1. The van der Waals surface area contributed by atoms with Crippen LogP contribution in [0.3, 0.4) is 0 Å². The number of aromatic nitrogens is 4. The fourth-order valence-electron chi connectivity index (χ4n) is 6.29. The van der Waals surface area contributed by atoms with Gasteiger partial charge in [-0.25, -0.2) is 15.0 Å². The van der Waals surface area contributed by atoms with Crippen LogP contribution < -0.4 is 5.73 Å². The molecule has 1 aliphatic carbocycles. The lowest BCUT2D eigenvalue weighted by molar-refractivity contribution is -0.148. The highest BCUT2D eigenvalue weighted by Crippen LogP contribution is 2.46. The average Bonchev–Trinajstić information content (AvgIpc) is 3.70. The first-order chi connectivity index (χ1) is 21.4. The molecule has 2 aliphatic rings. The number of azide groups is 1. The minimum atomic E-state index is -0.902. The SMILES string of the molecule is CC1(C)O[C@@H]2[C@H](O1)C(COC(c1ccccc1)(c1ccccc1)c1ccccc1)=C[C@H]2n1cnc2c(N)nc(N=[N+]=[N-])nc21. The number of fused-ring (bicyclic) bond motifs is 2. The molecule has 2 aromatic heterocycles. The van der Waals surface area contributed by atoms with Gasteiger partial charge in [-0.15, -0.1) is 0 Å². The lowest BCUT2D eigenvalue weighted by Crippen LogP contribution is -2.35. The van der Waals surface area contributed by atoms with Gasteiger partial charge in [0.25, 0.3) is 0 Å². The molecular weight excluding hydrogens is 556 g/mol. The molecule has 0 amide bonds. The number of hydrogen-bond acceptors (Lipinski definition) is 8. The van der Waals surface area contributed by atoms with Crippen LogP contribution in [0.5, 0.6) is 0 Å². The van der Waals surface area contributed by atoms with E-state index in [9.17, 15) is 0 Å². The van der Waals surface area contributed by atoms with E-state index in [0.29, 0.717) is 11.2 Å². The zero-order chi connectivity index (χ0) is 30.3. The number of nitrogens with zero attached hydrogens (tertiary/aromatic N) is 7. The Bertz CT molecular complexity index is 1790. The Morgan fingerprint density at radius 2 is 1.52 bits per heavy atom. The highest BCUT2D eigenvalue weighted by Gasteiger charge is 2.51. The van der Waals surface area contributed by atoms with Gasteiger partial charge in [-0.2, -0.15) is 0 Å². The zero-order valence-corrected chi connectivity index (χ0v) is 24.2. The molecule has 1 aliphatic heterocycles. The van der Waals surface area contributed by atoms with Gasteiger partial charge in [0.05, 0.1) is 19.0 Å². The second-order valence-corrected chi connectivity index (χ2v) is 11.2. The van der Waals surface area contributed by atoms with Crippen molar-refractivity contribution in [1.29, 1.82) is 0 Å². The molecule has 5 aromatic rings. The molecule has 0 saturated carbocycles. The van der Waals surface area contributed by atoms with E-state index in [1.807, 2.05) is 73.0 Å². The molecule has 220 valence electrons. The molecule has 11 heteroatoms. The fourth-order valence-corrected chi connectivity index (χ4v) is 6.29. The topological polar surface area (TPSA) is 146 Å². The maximum absolute atomic E-state index is 8.96. The molecule has 7 rings (SSSR count). The van der Waals surface area contributed by atoms with Gasteiger partial charge in [0.15, 0.2) is 17.3 Å². The summed E-state index contributed by atoms with van der Waals surface area (Å²) in [6.45, 7) is 4.05. The van der Waals surface area contributed by atoms with Crippen LogP contribution in [0.1, 0.15) is 36.6 Å². The number of imidazole rings is 1. The molecular formula is C33H30N8O3. The second-order valence-electron chi connectivity index (χ2n) is 11.2. The molecule has 3 atom stereocenters. The Morgan fingerprint density at radius 3 is 2.09 bits per heavy atom. The van der Waals surface area contributed by atoms with Crippen LogP contribution in [0, 0.1) is 0 Å². The van der Waals surface area contributed by atoms with E-state index in [4.69, 9.17) is 25.5 Å². The third-order valence-corrected chi connectivity index (χ3v) is 8.10. The minimum Gasteiger partial charge on any atom is -0.382 e. The van der Waals surface area contributed by atoms with Crippen LogP contribution in [0.15, 0.2) is 114 Å². The van der Waals surface area contributed by atoms with E-state index in [1.54, 1.807) is 6.33 Å². The van der Waals surface area contributed by atoms with Crippen LogP contribution in [0.2, 0.25) is 0 Å². The van der Waals surface area contributed by atoms with Crippen molar-refractivity contribution in [2.75, 3.05) is 12.3 Å². The monoisotopic (exact) mass is 586 g/mol. The molecule has 3 heterocycles. The molecule has 11 nitrogen and oxygen atoms in total. The highest BCUT2D eigenvalue weighted by atomic mass is 16.8. The summed E-state index contributed by atoms with van der Waals surface area (Å²) >= 11 is 0. The van der Waals surface area contributed by atoms with E-state index in [2.05, 4.69) is 67.5 Å². The Balaban J connectivity index is 1.33. The van der Waals surface area contributed by atoms with E-state index >= 15 is 0 Å². The predicted molar refractivity (Wildman–Crippen MR) is 165 cm³/mol. The Kier molecular flexibility index (Phi) is 6.87. The average molecular weight is 587 g/mol. The largest absolute Gasteiger partial charge is 0.382 e. The molecule has 0 spiro atoms. The summed E-state index contributed by atoms with van der Waals surface area (Å²) in [5, 5.41) is 3.56. The van der Waals surface area contributed by atoms with Crippen molar-refractivity contribution >= 4 is 22.9 Å². The molecule has 44 heavy (non-hydrogen) atoms. The van der Waals surface area contributed by atoms with Gasteiger partial charge < -0.3 is 24.5 Å². The molecule has 0 unspecified atom stereocenters. The number of rotatable bonds is 8. The molecule has 3 aromatic carbocycles. The Labute approximate surface area is 253 Å². The van der Waals surface area contributed by atoms with E-state index in [1.165, 1.54) is 0 Å². The van der Waals surface area contributed by atoms with Gasteiger partial charge in [0.2, 0.25) is 5.95 Å². The summed E-state index contributed by atoms with van der Waals surface area (Å²) in [5.41, 5.74) is 19.0. The smallest absolute Gasteiger partial charge is 0.220 e. The fraction of sp³-hybridized carbons (Fsp3) is 0.242. The van der Waals surface area contributed by atoms with Crippen molar-refractivity contribution in [2.24, 2.45) is 5.11 Å². The summed E-state index contributed by atoms with van der Waals surface area (Å²) in [7, 11) is 0. The number of ether oxygens (including phenoxy) is 3. The summed E-state index contributed by atoms with van der Waals surface area (Å²) < 4.78 is 21.9.